The molecule has 114 valence electrons. The predicted octanol–water partition coefficient (Wildman–Crippen LogP) is 3.82. The lowest BCUT2D eigenvalue weighted by Crippen LogP contribution is -1.99. The second kappa shape index (κ2) is 7.31. The van der Waals surface area contributed by atoms with Crippen LogP contribution in [0.1, 0.15) is 15.9 Å². The highest BCUT2D eigenvalue weighted by atomic mass is 16.5. The Kier molecular flexibility index (Phi) is 5.20. The molecule has 0 saturated heterocycles. The van der Waals surface area contributed by atoms with Gasteiger partial charge in [-0.25, -0.2) is 0 Å². The Morgan fingerprint density at radius 1 is 1.05 bits per heavy atom. The number of benzene rings is 2. The fourth-order valence-electron chi connectivity index (χ4n) is 2.03. The number of methoxy groups -OCH3 is 2. The van der Waals surface area contributed by atoms with Crippen LogP contribution in [0, 0.1) is 6.92 Å². The Morgan fingerprint density at radius 2 is 1.77 bits per heavy atom. The molecular weight excluding hydrogens is 278 g/mol. The quantitative estimate of drug-likeness (QED) is 0.650. The van der Waals surface area contributed by atoms with Crippen LogP contribution in [-0.4, -0.2) is 20.0 Å². The highest BCUT2D eigenvalue weighted by molar-refractivity contribution is 6.05. The van der Waals surface area contributed by atoms with Crippen molar-refractivity contribution in [1.29, 1.82) is 0 Å². The van der Waals surface area contributed by atoms with Crippen LogP contribution in [0.2, 0.25) is 0 Å². The lowest BCUT2D eigenvalue weighted by atomic mass is 10.1. The number of para-hydroxylation sites is 1. The van der Waals surface area contributed by atoms with E-state index >= 15 is 0 Å². The molecule has 22 heavy (non-hydrogen) atoms. The van der Waals surface area contributed by atoms with Crippen molar-refractivity contribution in [1.82, 2.24) is 0 Å². The maximum Gasteiger partial charge on any atom is 0.187 e. The Morgan fingerprint density at radius 3 is 2.45 bits per heavy atom. The third kappa shape index (κ3) is 3.67. The SMILES string of the molecule is COc1ccc(C(=O)/C=C\Nc2ccccc2C)cc1OC. The minimum Gasteiger partial charge on any atom is -0.493 e. The molecule has 0 amide bonds. The van der Waals surface area contributed by atoms with Crippen molar-refractivity contribution < 1.29 is 14.3 Å². The van der Waals surface area contributed by atoms with Gasteiger partial charge in [0, 0.05) is 23.5 Å². The van der Waals surface area contributed by atoms with Crippen molar-refractivity contribution in [2.75, 3.05) is 19.5 Å². The van der Waals surface area contributed by atoms with Crippen LogP contribution in [0.4, 0.5) is 5.69 Å². The molecule has 0 atom stereocenters. The molecule has 1 N–H and O–H groups in total. The number of allylic oxidation sites excluding steroid dienone is 1. The van der Waals surface area contributed by atoms with E-state index in [0.717, 1.165) is 11.3 Å². The average molecular weight is 297 g/mol. The van der Waals surface area contributed by atoms with E-state index in [9.17, 15) is 4.79 Å². The molecule has 0 aliphatic carbocycles. The van der Waals surface area contributed by atoms with Crippen LogP contribution < -0.4 is 14.8 Å². The molecule has 0 fully saturated rings. The number of anilines is 1. The van der Waals surface area contributed by atoms with E-state index in [1.54, 1.807) is 38.6 Å². The molecule has 4 heteroatoms. The van der Waals surface area contributed by atoms with Gasteiger partial charge in [-0.3, -0.25) is 4.79 Å². The van der Waals surface area contributed by atoms with E-state index in [-0.39, 0.29) is 5.78 Å². The van der Waals surface area contributed by atoms with Gasteiger partial charge in [0.1, 0.15) is 0 Å². The fourth-order valence-corrected chi connectivity index (χ4v) is 2.03. The van der Waals surface area contributed by atoms with E-state index in [0.29, 0.717) is 17.1 Å². The van der Waals surface area contributed by atoms with Gasteiger partial charge >= 0.3 is 0 Å². The molecule has 0 saturated carbocycles. The summed E-state index contributed by atoms with van der Waals surface area (Å²) < 4.78 is 10.4. The zero-order valence-electron chi connectivity index (χ0n) is 12.9. The maximum absolute atomic E-state index is 12.2. The number of aryl methyl sites for hydroxylation is 1. The summed E-state index contributed by atoms with van der Waals surface area (Å²) in [6.45, 7) is 2.01. The number of rotatable bonds is 6. The van der Waals surface area contributed by atoms with E-state index < -0.39 is 0 Å². The number of hydrogen-bond donors (Lipinski definition) is 1. The van der Waals surface area contributed by atoms with E-state index in [1.165, 1.54) is 6.08 Å². The second-order valence-corrected chi connectivity index (χ2v) is 4.73. The van der Waals surface area contributed by atoms with Gasteiger partial charge in [0.25, 0.3) is 0 Å². The molecule has 2 aromatic rings. The lowest BCUT2D eigenvalue weighted by Gasteiger charge is -2.08. The van der Waals surface area contributed by atoms with E-state index in [4.69, 9.17) is 9.47 Å². The summed E-state index contributed by atoms with van der Waals surface area (Å²) >= 11 is 0. The van der Waals surface area contributed by atoms with Crippen LogP contribution in [0.3, 0.4) is 0 Å². The predicted molar refractivity (Wildman–Crippen MR) is 87.8 cm³/mol. The van der Waals surface area contributed by atoms with Gasteiger partial charge in [0.2, 0.25) is 0 Å². The van der Waals surface area contributed by atoms with Gasteiger partial charge in [-0.1, -0.05) is 18.2 Å². The summed E-state index contributed by atoms with van der Waals surface area (Å²) in [5, 5.41) is 3.11. The first-order chi connectivity index (χ1) is 10.7. The van der Waals surface area contributed by atoms with Gasteiger partial charge in [0.05, 0.1) is 14.2 Å². The second-order valence-electron chi connectivity index (χ2n) is 4.73. The van der Waals surface area contributed by atoms with Crippen molar-refractivity contribution in [3.05, 3.63) is 65.9 Å². The molecule has 0 aliphatic rings. The lowest BCUT2D eigenvalue weighted by molar-refractivity contribution is 0.104. The molecule has 0 aliphatic heterocycles. The molecule has 2 rings (SSSR count). The van der Waals surface area contributed by atoms with Gasteiger partial charge in [-0.2, -0.15) is 0 Å². The average Bonchev–Trinajstić information content (AvgIpc) is 2.55. The van der Waals surface area contributed by atoms with Gasteiger partial charge in [-0.15, -0.1) is 0 Å². The fraction of sp³-hybridized carbons (Fsp3) is 0.167. The van der Waals surface area contributed by atoms with Crippen molar-refractivity contribution in [3.63, 3.8) is 0 Å². The van der Waals surface area contributed by atoms with Crippen LogP contribution in [0.25, 0.3) is 0 Å². The Balaban J connectivity index is 2.09. The van der Waals surface area contributed by atoms with Gasteiger partial charge < -0.3 is 14.8 Å². The Labute approximate surface area is 130 Å². The molecule has 0 spiro atoms. The number of nitrogens with one attached hydrogen (secondary N) is 1. The molecule has 0 heterocycles. The van der Waals surface area contributed by atoms with E-state index in [1.807, 2.05) is 31.2 Å². The number of carbonyl (C=O) groups is 1. The maximum atomic E-state index is 12.2. The Bertz CT molecular complexity index is 692. The van der Waals surface area contributed by atoms with Crippen molar-refractivity contribution in [2.45, 2.75) is 6.92 Å². The molecule has 0 radical (unpaired) electrons. The summed E-state index contributed by atoms with van der Waals surface area (Å²) in [7, 11) is 3.10. The number of carbonyl (C=O) groups excluding carboxylic acids is 1. The molecule has 0 aromatic heterocycles. The van der Waals surface area contributed by atoms with Gasteiger partial charge in [-0.05, 0) is 36.8 Å². The van der Waals surface area contributed by atoms with Gasteiger partial charge in [0.15, 0.2) is 17.3 Å². The van der Waals surface area contributed by atoms with Crippen molar-refractivity contribution >= 4 is 11.5 Å². The number of ketones is 1. The molecular formula is C18H19NO3. The summed E-state index contributed by atoms with van der Waals surface area (Å²) in [5.41, 5.74) is 2.63. The van der Waals surface area contributed by atoms with Crippen molar-refractivity contribution in [3.8, 4) is 11.5 Å². The monoisotopic (exact) mass is 297 g/mol. The van der Waals surface area contributed by atoms with E-state index in [2.05, 4.69) is 5.32 Å². The largest absolute Gasteiger partial charge is 0.493 e. The third-order valence-corrected chi connectivity index (χ3v) is 3.29. The first-order valence-electron chi connectivity index (χ1n) is 6.90. The van der Waals surface area contributed by atoms with Crippen LogP contribution in [-0.2, 0) is 0 Å². The zero-order chi connectivity index (χ0) is 15.9. The smallest absolute Gasteiger partial charge is 0.187 e. The highest BCUT2D eigenvalue weighted by Gasteiger charge is 2.08. The van der Waals surface area contributed by atoms with Crippen molar-refractivity contribution in [2.24, 2.45) is 0 Å². The molecule has 0 unspecified atom stereocenters. The first-order valence-corrected chi connectivity index (χ1v) is 6.90. The summed E-state index contributed by atoms with van der Waals surface area (Å²) in [4.78, 5) is 12.2. The minimum atomic E-state index is -0.109. The Hall–Kier alpha value is -2.75. The number of hydrogen-bond acceptors (Lipinski definition) is 4. The third-order valence-electron chi connectivity index (χ3n) is 3.29. The minimum absolute atomic E-state index is 0.109. The highest BCUT2D eigenvalue weighted by Crippen LogP contribution is 2.27. The normalized spacial score (nSPS) is 10.5. The zero-order valence-corrected chi connectivity index (χ0v) is 12.9. The molecule has 4 nitrogen and oxygen atoms in total. The van der Waals surface area contributed by atoms with Crippen LogP contribution >= 0.6 is 0 Å². The standard InChI is InChI=1S/C18H19NO3/c1-13-6-4-5-7-15(13)19-11-10-16(20)14-8-9-17(21-2)18(12-14)22-3/h4-12,19H,1-3H3/b11-10-. The summed E-state index contributed by atoms with van der Waals surface area (Å²) in [5.74, 6) is 1.02. The van der Waals surface area contributed by atoms with Crippen LogP contribution in [0.15, 0.2) is 54.7 Å². The first kappa shape index (κ1) is 15.6. The summed E-state index contributed by atoms with van der Waals surface area (Å²) in [6.07, 6.45) is 3.13. The topological polar surface area (TPSA) is 47.6 Å². The number of ether oxygens (including phenoxy) is 2. The molecule has 0 bridgehead atoms. The summed E-state index contributed by atoms with van der Waals surface area (Å²) in [6, 6.07) is 13.0. The van der Waals surface area contributed by atoms with Crippen LogP contribution in [0.5, 0.6) is 11.5 Å². The molecule has 2 aromatic carbocycles.